The summed E-state index contributed by atoms with van der Waals surface area (Å²) in [6.07, 6.45) is 0.779. The Morgan fingerprint density at radius 2 is 2.36 bits per heavy atom. The van der Waals surface area contributed by atoms with Crippen LogP contribution in [-0.2, 0) is 4.79 Å². The fraction of sp³-hybridized carbons (Fsp3) is 0. The van der Waals surface area contributed by atoms with Gasteiger partial charge in [0.2, 0.25) is 0 Å². The Labute approximate surface area is 99.1 Å². The molecule has 1 aromatic carbocycles. The Kier molecular flexibility index (Phi) is 4.15. The highest BCUT2D eigenvalue weighted by molar-refractivity contribution is 14.1. The number of hydrogen-bond donors (Lipinski definition) is 2. The van der Waals surface area contributed by atoms with E-state index in [4.69, 9.17) is 16.8 Å². The van der Waals surface area contributed by atoms with Crippen LogP contribution < -0.4 is 5.32 Å². The van der Waals surface area contributed by atoms with E-state index in [0.717, 1.165) is 9.78 Å². The summed E-state index contributed by atoms with van der Waals surface area (Å²) in [6.45, 7) is 0. The molecule has 0 unspecified atom stereocenters. The topological polar surface area (TPSA) is 61.7 Å². The summed E-state index contributed by atoms with van der Waals surface area (Å²) in [4.78, 5) is 11.0. The van der Waals surface area contributed by atoms with Crippen LogP contribution in [0.3, 0.4) is 0 Å². The third-order valence-corrected chi connectivity index (χ3v) is 2.90. The maximum atomic E-state index is 11.0. The Hall–Kier alpha value is -0.820. The number of benzene rings is 1. The van der Waals surface area contributed by atoms with Gasteiger partial charge in [-0.05, 0) is 40.8 Å². The quantitative estimate of drug-likeness (QED) is 0.380. The molecular formula is C8H6ClIN2O2. The molecule has 0 heterocycles. The van der Waals surface area contributed by atoms with Crippen molar-refractivity contribution in [2.45, 2.75) is 0 Å². The highest BCUT2D eigenvalue weighted by atomic mass is 127. The highest BCUT2D eigenvalue weighted by Gasteiger charge is 2.01. The molecule has 0 fully saturated rings. The van der Waals surface area contributed by atoms with Gasteiger partial charge in [-0.2, -0.15) is 0 Å². The van der Waals surface area contributed by atoms with Gasteiger partial charge in [-0.1, -0.05) is 16.8 Å². The lowest BCUT2D eigenvalue weighted by Crippen LogP contribution is -2.12. The third-order valence-electron chi connectivity index (χ3n) is 1.36. The summed E-state index contributed by atoms with van der Waals surface area (Å²) in [5.41, 5.74) is 0.601. The first-order valence-corrected chi connectivity index (χ1v) is 5.02. The van der Waals surface area contributed by atoms with Crippen LogP contribution in [0.25, 0.3) is 0 Å². The Morgan fingerprint density at radius 3 is 2.93 bits per heavy atom. The number of rotatable bonds is 2. The second-order valence-electron chi connectivity index (χ2n) is 2.36. The smallest absolute Gasteiger partial charge is 0.270 e. The molecule has 0 radical (unpaired) electrons. The monoisotopic (exact) mass is 324 g/mol. The first kappa shape index (κ1) is 11.3. The van der Waals surface area contributed by atoms with Crippen molar-refractivity contribution in [1.82, 2.24) is 0 Å². The molecular weight excluding hydrogens is 318 g/mol. The normalized spacial score (nSPS) is 10.4. The molecule has 0 aliphatic carbocycles. The van der Waals surface area contributed by atoms with Crippen molar-refractivity contribution in [2.24, 2.45) is 5.16 Å². The number of nitrogens with one attached hydrogen (secondary N) is 1. The SMILES string of the molecule is O=C(/C=N/O)Nc1ccc(Cl)c(I)c1. The largest absolute Gasteiger partial charge is 0.411 e. The van der Waals surface area contributed by atoms with Crippen LogP contribution in [0.15, 0.2) is 23.4 Å². The van der Waals surface area contributed by atoms with Crippen molar-refractivity contribution in [3.05, 3.63) is 26.8 Å². The number of hydrogen-bond acceptors (Lipinski definition) is 3. The van der Waals surface area contributed by atoms with Gasteiger partial charge in [-0.15, -0.1) is 0 Å². The van der Waals surface area contributed by atoms with Crippen LogP contribution >= 0.6 is 34.2 Å². The molecule has 14 heavy (non-hydrogen) atoms. The second kappa shape index (κ2) is 5.16. The average molecular weight is 325 g/mol. The number of anilines is 1. The number of oxime groups is 1. The lowest BCUT2D eigenvalue weighted by molar-refractivity contribution is -0.110. The lowest BCUT2D eigenvalue weighted by atomic mass is 10.3. The minimum Gasteiger partial charge on any atom is -0.411 e. The fourth-order valence-electron chi connectivity index (χ4n) is 0.801. The van der Waals surface area contributed by atoms with Gasteiger partial charge in [-0.25, -0.2) is 0 Å². The Bertz CT molecular complexity index is 382. The van der Waals surface area contributed by atoms with Crippen molar-refractivity contribution in [2.75, 3.05) is 5.32 Å². The van der Waals surface area contributed by atoms with Gasteiger partial charge in [0.15, 0.2) is 0 Å². The van der Waals surface area contributed by atoms with Crippen LogP contribution in [0.1, 0.15) is 0 Å². The first-order chi connectivity index (χ1) is 6.63. The molecule has 0 aliphatic rings. The van der Waals surface area contributed by atoms with Crippen molar-refractivity contribution >= 4 is 52.0 Å². The molecule has 6 heteroatoms. The number of carbonyl (C=O) groups excluding carboxylic acids is 1. The molecule has 0 saturated carbocycles. The first-order valence-electron chi connectivity index (χ1n) is 3.57. The van der Waals surface area contributed by atoms with E-state index in [1.807, 2.05) is 0 Å². The van der Waals surface area contributed by atoms with Gasteiger partial charge in [0, 0.05) is 9.26 Å². The van der Waals surface area contributed by atoms with E-state index in [9.17, 15) is 4.79 Å². The molecule has 2 N–H and O–H groups in total. The minimum absolute atomic E-state index is 0.495. The molecule has 0 bridgehead atoms. The van der Waals surface area contributed by atoms with Crippen LogP contribution in [0, 0.1) is 3.57 Å². The van der Waals surface area contributed by atoms with Gasteiger partial charge in [0.25, 0.3) is 5.91 Å². The van der Waals surface area contributed by atoms with E-state index in [2.05, 4.69) is 33.1 Å². The molecule has 1 amide bonds. The van der Waals surface area contributed by atoms with E-state index in [1.165, 1.54) is 0 Å². The summed E-state index contributed by atoms with van der Waals surface area (Å²) >= 11 is 7.84. The van der Waals surface area contributed by atoms with Crippen LogP contribution in [0.5, 0.6) is 0 Å². The maximum Gasteiger partial charge on any atom is 0.270 e. The van der Waals surface area contributed by atoms with Crippen LogP contribution in [0.4, 0.5) is 5.69 Å². The molecule has 0 aliphatic heterocycles. The average Bonchev–Trinajstić information content (AvgIpc) is 2.12. The number of carbonyl (C=O) groups is 1. The maximum absolute atomic E-state index is 11.0. The Morgan fingerprint density at radius 1 is 1.64 bits per heavy atom. The molecule has 4 nitrogen and oxygen atoms in total. The van der Waals surface area contributed by atoms with Gasteiger partial charge in [0.05, 0.1) is 5.02 Å². The molecule has 74 valence electrons. The molecule has 1 aromatic rings. The van der Waals surface area contributed by atoms with Crippen LogP contribution in [-0.4, -0.2) is 17.3 Å². The summed E-state index contributed by atoms with van der Waals surface area (Å²) in [7, 11) is 0. The highest BCUT2D eigenvalue weighted by Crippen LogP contribution is 2.21. The van der Waals surface area contributed by atoms with Crippen LogP contribution in [0.2, 0.25) is 5.02 Å². The lowest BCUT2D eigenvalue weighted by Gasteiger charge is -2.02. The van der Waals surface area contributed by atoms with E-state index in [1.54, 1.807) is 18.2 Å². The second-order valence-corrected chi connectivity index (χ2v) is 3.93. The number of amides is 1. The molecule has 0 spiro atoms. The fourth-order valence-corrected chi connectivity index (χ4v) is 1.43. The summed E-state index contributed by atoms with van der Waals surface area (Å²) in [5, 5.41) is 13.8. The van der Waals surface area contributed by atoms with Crippen molar-refractivity contribution < 1.29 is 10.0 Å². The Balaban J connectivity index is 2.78. The van der Waals surface area contributed by atoms with E-state index in [0.29, 0.717) is 10.7 Å². The standard InChI is InChI=1S/C8H6ClIN2O2/c9-6-2-1-5(3-7(6)10)12-8(13)4-11-14/h1-4,14H,(H,12,13)/b11-4+. The van der Waals surface area contributed by atoms with Crippen molar-refractivity contribution in [3.63, 3.8) is 0 Å². The van der Waals surface area contributed by atoms with Gasteiger partial charge in [0.1, 0.15) is 6.21 Å². The number of halogens is 2. The zero-order valence-electron chi connectivity index (χ0n) is 6.87. The van der Waals surface area contributed by atoms with Gasteiger partial charge in [-0.3, -0.25) is 4.79 Å². The van der Waals surface area contributed by atoms with Gasteiger partial charge >= 0.3 is 0 Å². The zero-order chi connectivity index (χ0) is 10.6. The summed E-state index contributed by atoms with van der Waals surface area (Å²) < 4.78 is 0.836. The van der Waals surface area contributed by atoms with E-state index in [-0.39, 0.29) is 0 Å². The predicted octanol–water partition coefficient (Wildman–Crippen LogP) is 2.34. The molecule has 0 aromatic heterocycles. The molecule has 0 saturated heterocycles. The van der Waals surface area contributed by atoms with E-state index >= 15 is 0 Å². The van der Waals surface area contributed by atoms with E-state index < -0.39 is 5.91 Å². The molecule has 1 rings (SSSR count). The minimum atomic E-state index is -0.495. The summed E-state index contributed by atoms with van der Waals surface area (Å²) in [5.74, 6) is -0.495. The number of nitrogens with zero attached hydrogens (tertiary/aromatic N) is 1. The van der Waals surface area contributed by atoms with Crippen molar-refractivity contribution in [3.8, 4) is 0 Å². The summed E-state index contributed by atoms with van der Waals surface area (Å²) in [6, 6.07) is 5.05. The zero-order valence-corrected chi connectivity index (χ0v) is 9.78. The third kappa shape index (κ3) is 3.15. The molecule has 0 atom stereocenters. The predicted molar refractivity (Wildman–Crippen MR) is 63.1 cm³/mol. The van der Waals surface area contributed by atoms with Gasteiger partial charge < -0.3 is 10.5 Å². The van der Waals surface area contributed by atoms with Crippen molar-refractivity contribution in [1.29, 1.82) is 0 Å².